The van der Waals surface area contributed by atoms with Crippen molar-refractivity contribution in [1.29, 1.82) is 0 Å². The zero-order valence-corrected chi connectivity index (χ0v) is 15.8. The van der Waals surface area contributed by atoms with Crippen LogP contribution in [0.5, 0.6) is 0 Å². The number of carbonyl (C=O) groups excluding carboxylic acids is 2. The van der Waals surface area contributed by atoms with Gasteiger partial charge in [0.25, 0.3) is 0 Å². The number of nitrogens with one attached hydrogen (secondary N) is 1. The topological polar surface area (TPSA) is 52.7 Å². The minimum atomic E-state index is -0.332. The Balaban J connectivity index is 2.06. The molecule has 1 heterocycles. The predicted octanol–water partition coefficient (Wildman–Crippen LogP) is 3.23. The highest BCUT2D eigenvalue weighted by atomic mass is 32.2. The molecule has 0 saturated carbocycles. The molecule has 1 aromatic carbocycles. The summed E-state index contributed by atoms with van der Waals surface area (Å²) in [6, 6.07) is 6.44. The molecule has 1 aromatic rings. The molecule has 0 spiro atoms. The van der Waals surface area contributed by atoms with Crippen LogP contribution in [0.1, 0.15) is 38.1 Å². The Labute approximate surface area is 152 Å². The number of benzene rings is 1. The second-order valence-corrected chi connectivity index (χ2v) is 7.36. The van der Waals surface area contributed by atoms with Crippen molar-refractivity contribution in [2.75, 3.05) is 25.4 Å². The quantitative estimate of drug-likeness (QED) is 0.805. The van der Waals surface area contributed by atoms with Gasteiger partial charge in [0.1, 0.15) is 11.2 Å². The molecule has 1 aliphatic rings. The summed E-state index contributed by atoms with van der Waals surface area (Å²) < 4.78 is 14.1. The Kier molecular flexibility index (Phi) is 7.11. The Morgan fingerprint density at radius 1 is 1.44 bits per heavy atom. The van der Waals surface area contributed by atoms with Crippen LogP contribution in [0.4, 0.5) is 9.18 Å². The molecule has 3 amide bonds. The lowest BCUT2D eigenvalue weighted by Gasteiger charge is -2.31. The van der Waals surface area contributed by atoms with Gasteiger partial charge >= 0.3 is 6.03 Å². The molecule has 5 nitrogen and oxygen atoms in total. The Morgan fingerprint density at radius 2 is 2.16 bits per heavy atom. The molecule has 2 rings (SSSR count). The van der Waals surface area contributed by atoms with Crippen LogP contribution >= 0.6 is 11.8 Å². The van der Waals surface area contributed by atoms with E-state index in [0.29, 0.717) is 31.0 Å². The van der Waals surface area contributed by atoms with Gasteiger partial charge in [-0.15, -0.1) is 11.8 Å². The van der Waals surface area contributed by atoms with E-state index < -0.39 is 0 Å². The SMILES string of the molecule is CCCNC(=O)N(CCN1C(=O)CS[C@H]1c1ccccc1F)C(C)C. The lowest BCUT2D eigenvalue weighted by atomic mass is 10.2. The summed E-state index contributed by atoms with van der Waals surface area (Å²) in [6.45, 7) is 7.32. The monoisotopic (exact) mass is 367 g/mol. The number of urea groups is 1. The summed E-state index contributed by atoms with van der Waals surface area (Å²) in [4.78, 5) is 27.9. The number of amides is 3. The molecular weight excluding hydrogens is 341 g/mol. The van der Waals surface area contributed by atoms with Crippen molar-refractivity contribution in [1.82, 2.24) is 15.1 Å². The predicted molar refractivity (Wildman–Crippen MR) is 98.8 cm³/mol. The lowest BCUT2D eigenvalue weighted by molar-refractivity contribution is -0.128. The lowest BCUT2D eigenvalue weighted by Crippen LogP contribution is -2.48. The van der Waals surface area contributed by atoms with E-state index >= 15 is 0 Å². The van der Waals surface area contributed by atoms with Crippen molar-refractivity contribution in [3.05, 3.63) is 35.6 Å². The molecule has 25 heavy (non-hydrogen) atoms. The summed E-state index contributed by atoms with van der Waals surface area (Å²) in [5, 5.41) is 2.54. The van der Waals surface area contributed by atoms with Crippen molar-refractivity contribution in [2.24, 2.45) is 0 Å². The summed E-state index contributed by atoms with van der Waals surface area (Å²) in [5.41, 5.74) is 0.518. The number of hydrogen-bond donors (Lipinski definition) is 1. The third kappa shape index (κ3) is 4.87. The van der Waals surface area contributed by atoms with Gasteiger partial charge in [-0.2, -0.15) is 0 Å². The fourth-order valence-electron chi connectivity index (χ4n) is 2.77. The third-order valence-electron chi connectivity index (χ3n) is 4.13. The number of carbonyl (C=O) groups is 2. The number of thioether (sulfide) groups is 1. The highest BCUT2D eigenvalue weighted by molar-refractivity contribution is 8.00. The van der Waals surface area contributed by atoms with E-state index in [1.165, 1.54) is 17.8 Å². The summed E-state index contributed by atoms with van der Waals surface area (Å²) >= 11 is 1.43. The van der Waals surface area contributed by atoms with Gasteiger partial charge in [-0.05, 0) is 26.3 Å². The van der Waals surface area contributed by atoms with Gasteiger partial charge in [0.2, 0.25) is 5.91 Å². The normalized spacial score (nSPS) is 17.2. The van der Waals surface area contributed by atoms with Crippen LogP contribution in [-0.2, 0) is 4.79 Å². The number of nitrogens with zero attached hydrogens (tertiary/aromatic N) is 2. The Hall–Kier alpha value is -1.76. The van der Waals surface area contributed by atoms with Gasteiger partial charge in [-0.25, -0.2) is 9.18 Å². The van der Waals surface area contributed by atoms with Crippen LogP contribution < -0.4 is 5.32 Å². The molecule has 0 aromatic heterocycles. The van der Waals surface area contributed by atoms with Crippen LogP contribution in [-0.4, -0.2) is 53.2 Å². The maximum atomic E-state index is 14.1. The molecule has 1 saturated heterocycles. The van der Waals surface area contributed by atoms with Crippen LogP contribution in [0.25, 0.3) is 0 Å². The maximum Gasteiger partial charge on any atom is 0.317 e. The first kappa shape index (κ1) is 19.6. The van der Waals surface area contributed by atoms with Crippen molar-refractivity contribution in [3.63, 3.8) is 0 Å². The second kappa shape index (κ2) is 9.08. The number of halogens is 1. The number of hydrogen-bond acceptors (Lipinski definition) is 3. The van der Waals surface area contributed by atoms with Crippen molar-refractivity contribution in [3.8, 4) is 0 Å². The van der Waals surface area contributed by atoms with E-state index in [2.05, 4.69) is 5.32 Å². The van der Waals surface area contributed by atoms with Crippen LogP contribution in [0.3, 0.4) is 0 Å². The third-order valence-corrected chi connectivity index (χ3v) is 5.37. The number of rotatable bonds is 7. The molecule has 1 fully saturated rings. The first-order chi connectivity index (χ1) is 12.0. The van der Waals surface area contributed by atoms with Gasteiger partial charge in [0, 0.05) is 31.2 Å². The second-order valence-electron chi connectivity index (χ2n) is 6.29. The average Bonchev–Trinajstić information content (AvgIpc) is 2.94. The van der Waals surface area contributed by atoms with E-state index in [1.807, 2.05) is 20.8 Å². The molecular formula is C18H26FN3O2S. The molecule has 7 heteroatoms. The molecule has 1 aliphatic heterocycles. The van der Waals surface area contributed by atoms with Gasteiger partial charge in [-0.1, -0.05) is 25.1 Å². The maximum absolute atomic E-state index is 14.1. The van der Waals surface area contributed by atoms with E-state index in [9.17, 15) is 14.0 Å². The minimum absolute atomic E-state index is 0.0177. The highest BCUT2D eigenvalue weighted by Crippen LogP contribution is 2.39. The van der Waals surface area contributed by atoms with Crippen molar-refractivity contribution >= 4 is 23.7 Å². The summed E-state index contributed by atoms with van der Waals surface area (Å²) in [7, 11) is 0. The largest absolute Gasteiger partial charge is 0.338 e. The Bertz CT molecular complexity index is 612. The van der Waals surface area contributed by atoms with Gasteiger partial charge in [0.05, 0.1) is 5.75 Å². The standard InChI is InChI=1S/C18H26FN3O2S/c1-4-9-20-18(24)21(13(2)3)10-11-22-16(23)12-25-17(22)14-7-5-6-8-15(14)19/h5-8,13,17H,4,9-12H2,1-3H3,(H,20,24)/t17-/m0/s1. The smallest absolute Gasteiger partial charge is 0.317 e. The zero-order chi connectivity index (χ0) is 18.4. The highest BCUT2D eigenvalue weighted by Gasteiger charge is 2.34. The van der Waals surface area contributed by atoms with Crippen LogP contribution in [0, 0.1) is 5.82 Å². The van der Waals surface area contributed by atoms with Crippen LogP contribution in [0.2, 0.25) is 0 Å². The Morgan fingerprint density at radius 3 is 2.80 bits per heavy atom. The fraction of sp³-hybridized carbons (Fsp3) is 0.556. The average molecular weight is 367 g/mol. The molecule has 1 atom stereocenters. The molecule has 0 unspecified atom stereocenters. The van der Waals surface area contributed by atoms with E-state index in [1.54, 1.807) is 28.0 Å². The van der Waals surface area contributed by atoms with Crippen molar-refractivity contribution < 1.29 is 14.0 Å². The van der Waals surface area contributed by atoms with Crippen molar-refractivity contribution in [2.45, 2.75) is 38.6 Å². The van der Waals surface area contributed by atoms with Gasteiger partial charge < -0.3 is 15.1 Å². The zero-order valence-electron chi connectivity index (χ0n) is 15.0. The first-order valence-electron chi connectivity index (χ1n) is 8.65. The molecule has 0 bridgehead atoms. The van der Waals surface area contributed by atoms with Crippen LogP contribution in [0.15, 0.2) is 24.3 Å². The van der Waals surface area contributed by atoms with E-state index in [4.69, 9.17) is 0 Å². The van der Waals surface area contributed by atoms with E-state index in [-0.39, 0.29) is 29.2 Å². The van der Waals surface area contributed by atoms with Gasteiger partial charge in [-0.3, -0.25) is 4.79 Å². The molecule has 0 radical (unpaired) electrons. The van der Waals surface area contributed by atoms with E-state index in [0.717, 1.165) is 6.42 Å². The molecule has 1 N–H and O–H groups in total. The minimum Gasteiger partial charge on any atom is -0.338 e. The molecule has 138 valence electrons. The first-order valence-corrected chi connectivity index (χ1v) is 9.70. The fourth-order valence-corrected chi connectivity index (χ4v) is 4.01. The molecule has 0 aliphatic carbocycles. The summed E-state index contributed by atoms with van der Waals surface area (Å²) in [6.07, 6.45) is 0.869. The summed E-state index contributed by atoms with van der Waals surface area (Å²) in [5.74, 6) is 0.0138. The van der Waals surface area contributed by atoms with Gasteiger partial charge in [0.15, 0.2) is 0 Å².